The SMILES string of the molecule is COC[C@@H]1Nc2ccccc2[C@H]2[C@@H]1CCN2C(=O)OC(C)(C)C. The van der Waals surface area contributed by atoms with Crippen LogP contribution in [-0.4, -0.2) is 42.9 Å². The highest BCUT2D eigenvalue weighted by molar-refractivity contribution is 5.71. The summed E-state index contributed by atoms with van der Waals surface area (Å²) in [6, 6.07) is 8.49. The van der Waals surface area contributed by atoms with E-state index < -0.39 is 5.60 Å². The molecule has 126 valence electrons. The highest BCUT2D eigenvalue weighted by Gasteiger charge is 2.46. The molecule has 1 amide bonds. The van der Waals surface area contributed by atoms with E-state index in [1.807, 2.05) is 37.8 Å². The van der Waals surface area contributed by atoms with Crippen LogP contribution in [0, 0.1) is 5.92 Å². The van der Waals surface area contributed by atoms with Crippen molar-refractivity contribution in [1.29, 1.82) is 0 Å². The van der Waals surface area contributed by atoms with Crippen LogP contribution in [0.1, 0.15) is 38.8 Å². The molecule has 1 aromatic rings. The van der Waals surface area contributed by atoms with Crippen molar-refractivity contribution in [2.75, 3.05) is 25.6 Å². The molecule has 0 bridgehead atoms. The first-order chi connectivity index (χ1) is 10.9. The number of likely N-dealkylation sites (tertiary alicyclic amines) is 1. The lowest BCUT2D eigenvalue weighted by Crippen LogP contribution is -2.44. The van der Waals surface area contributed by atoms with Gasteiger partial charge in [-0.05, 0) is 38.8 Å². The summed E-state index contributed by atoms with van der Waals surface area (Å²) in [6.07, 6.45) is 0.733. The Labute approximate surface area is 137 Å². The van der Waals surface area contributed by atoms with E-state index in [1.54, 1.807) is 7.11 Å². The number of carbonyl (C=O) groups is 1. The second kappa shape index (κ2) is 6.04. The number of methoxy groups -OCH3 is 1. The Hall–Kier alpha value is -1.75. The number of ether oxygens (including phenoxy) is 2. The molecule has 1 N–H and O–H groups in total. The highest BCUT2D eigenvalue weighted by atomic mass is 16.6. The van der Waals surface area contributed by atoms with Crippen molar-refractivity contribution < 1.29 is 14.3 Å². The van der Waals surface area contributed by atoms with Crippen LogP contribution >= 0.6 is 0 Å². The van der Waals surface area contributed by atoms with Crippen molar-refractivity contribution in [3.05, 3.63) is 29.8 Å². The fraction of sp³-hybridized carbons (Fsp3) is 0.611. The van der Waals surface area contributed by atoms with Crippen molar-refractivity contribution in [3.8, 4) is 0 Å². The Kier molecular flexibility index (Phi) is 4.23. The predicted octanol–water partition coefficient (Wildman–Crippen LogP) is 3.43. The Morgan fingerprint density at radius 3 is 2.78 bits per heavy atom. The number of carbonyl (C=O) groups excluding carboxylic acids is 1. The normalized spacial score (nSPS) is 26.3. The van der Waals surface area contributed by atoms with Gasteiger partial charge in [0.25, 0.3) is 0 Å². The zero-order valence-electron chi connectivity index (χ0n) is 14.3. The molecule has 0 saturated carbocycles. The summed E-state index contributed by atoms with van der Waals surface area (Å²) in [4.78, 5) is 14.5. The molecule has 5 nitrogen and oxygen atoms in total. The number of nitrogens with one attached hydrogen (secondary N) is 1. The maximum atomic E-state index is 12.6. The number of para-hydroxylation sites is 1. The lowest BCUT2D eigenvalue weighted by Gasteiger charge is -2.39. The third-order valence-corrected chi connectivity index (χ3v) is 4.56. The number of rotatable bonds is 2. The third kappa shape index (κ3) is 3.15. The van der Waals surface area contributed by atoms with Crippen molar-refractivity contribution in [2.45, 2.75) is 44.9 Å². The first-order valence-electron chi connectivity index (χ1n) is 8.25. The first kappa shape index (κ1) is 16.1. The lowest BCUT2D eigenvalue weighted by molar-refractivity contribution is 0.0189. The van der Waals surface area contributed by atoms with Gasteiger partial charge < -0.3 is 19.7 Å². The minimum absolute atomic E-state index is 0.0578. The van der Waals surface area contributed by atoms with E-state index in [0.717, 1.165) is 18.7 Å². The van der Waals surface area contributed by atoms with Crippen LogP contribution in [0.3, 0.4) is 0 Å². The summed E-state index contributed by atoms with van der Waals surface area (Å²) in [6.45, 7) is 7.08. The van der Waals surface area contributed by atoms with E-state index in [0.29, 0.717) is 12.5 Å². The molecular weight excluding hydrogens is 292 g/mol. The molecular formula is C18H26N2O3. The molecule has 1 saturated heterocycles. The summed E-state index contributed by atoms with van der Waals surface area (Å²) in [5.74, 6) is 0.345. The monoisotopic (exact) mass is 318 g/mol. The van der Waals surface area contributed by atoms with E-state index in [4.69, 9.17) is 9.47 Å². The number of hydrogen-bond donors (Lipinski definition) is 1. The van der Waals surface area contributed by atoms with Gasteiger partial charge in [-0.3, -0.25) is 0 Å². The van der Waals surface area contributed by atoms with Gasteiger partial charge in [-0.1, -0.05) is 18.2 Å². The van der Waals surface area contributed by atoms with E-state index >= 15 is 0 Å². The maximum Gasteiger partial charge on any atom is 0.410 e. The van der Waals surface area contributed by atoms with Crippen molar-refractivity contribution >= 4 is 11.8 Å². The summed E-state index contributed by atoms with van der Waals surface area (Å²) in [5, 5.41) is 3.57. The molecule has 2 aliphatic rings. The van der Waals surface area contributed by atoms with Gasteiger partial charge in [0.05, 0.1) is 18.7 Å². The van der Waals surface area contributed by atoms with Crippen LogP contribution in [-0.2, 0) is 9.47 Å². The highest BCUT2D eigenvalue weighted by Crippen LogP contribution is 2.46. The van der Waals surface area contributed by atoms with Crippen LogP contribution in [0.25, 0.3) is 0 Å². The van der Waals surface area contributed by atoms with Crippen molar-refractivity contribution in [2.24, 2.45) is 5.92 Å². The Bertz CT molecular complexity index is 582. The molecule has 3 rings (SSSR count). The standard InChI is InChI=1S/C18H26N2O3/c1-18(2,3)23-17(21)20-10-9-13-15(11-22-4)19-14-8-6-5-7-12(14)16(13)20/h5-8,13,15-16,19H,9-11H2,1-4H3/t13-,15+,16+/m1/s1. The van der Waals surface area contributed by atoms with Crippen LogP contribution < -0.4 is 5.32 Å². The molecule has 2 aliphatic heterocycles. The summed E-state index contributed by atoms with van der Waals surface area (Å²) < 4.78 is 11.0. The van der Waals surface area contributed by atoms with Gasteiger partial charge in [0, 0.05) is 25.3 Å². The van der Waals surface area contributed by atoms with Crippen molar-refractivity contribution in [3.63, 3.8) is 0 Å². The number of amides is 1. The summed E-state index contributed by atoms with van der Waals surface area (Å²) >= 11 is 0. The molecule has 1 fully saturated rings. The lowest BCUT2D eigenvalue weighted by atomic mass is 9.83. The number of hydrogen-bond acceptors (Lipinski definition) is 4. The van der Waals surface area contributed by atoms with Crippen LogP contribution in [0.4, 0.5) is 10.5 Å². The second-order valence-corrected chi connectivity index (χ2v) is 7.36. The van der Waals surface area contributed by atoms with E-state index in [-0.39, 0.29) is 18.2 Å². The average molecular weight is 318 g/mol. The summed E-state index contributed by atoms with van der Waals surface area (Å²) in [7, 11) is 1.72. The second-order valence-electron chi connectivity index (χ2n) is 7.36. The van der Waals surface area contributed by atoms with Gasteiger partial charge in [0.15, 0.2) is 0 Å². The molecule has 0 spiro atoms. The van der Waals surface area contributed by atoms with Gasteiger partial charge in [0.2, 0.25) is 0 Å². The average Bonchev–Trinajstić information content (AvgIpc) is 2.91. The zero-order valence-corrected chi connectivity index (χ0v) is 14.3. The molecule has 5 heteroatoms. The largest absolute Gasteiger partial charge is 0.444 e. The van der Waals surface area contributed by atoms with Gasteiger partial charge in [-0.2, -0.15) is 0 Å². The van der Waals surface area contributed by atoms with Crippen LogP contribution in [0.15, 0.2) is 24.3 Å². The number of benzene rings is 1. The molecule has 0 aliphatic carbocycles. The van der Waals surface area contributed by atoms with Gasteiger partial charge in [-0.25, -0.2) is 4.79 Å². The van der Waals surface area contributed by atoms with E-state index in [2.05, 4.69) is 17.4 Å². The molecule has 1 aromatic carbocycles. The molecule has 0 unspecified atom stereocenters. The fourth-order valence-electron chi connectivity index (χ4n) is 3.70. The molecule has 0 radical (unpaired) electrons. The van der Waals surface area contributed by atoms with Crippen LogP contribution in [0.5, 0.6) is 0 Å². The van der Waals surface area contributed by atoms with Gasteiger partial charge in [0.1, 0.15) is 5.60 Å². The number of fused-ring (bicyclic) bond motifs is 3. The molecule has 3 atom stereocenters. The number of anilines is 1. The van der Waals surface area contributed by atoms with Crippen molar-refractivity contribution in [1.82, 2.24) is 4.90 Å². The van der Waals surface area contributed by atoms with E-state index in [1.165, 1.54) is 5.56 Å². The molecule has 0 aromatic heterocycles. The summed E-state index contributed by atoms with van der Waals surface area (Å²) in [5.41, 5.74) is 1.78. The Morgan fingerprint density at radius 1 is 1.35 bits per heavy atom. The van der Waals surface area contributed by atoms with Gasteiger partial charge in [-0.15, -0.1) is 0 Å². The minimum atomic E-state index is -0.479. The number of nitrogens with zero attached hydrogens (tertiary/aromatic N) is 1. The minimum Gasteiger partial charge on any atom is -0.444 e. The topological polar surface area (TPSA) is 50.8 Å². The quantitative estimate of drug-likeness (QED) is 0.908. The molecule has 2 heterocycles. The Morgan fingerprint density at radius 2 is 2.09 bits per heavy atom. The third-order valence-electron chi connectivity index (χ3n) is 4.56. The first-order valence-corrected chi connectivity index (χ1v) is 8.25. The Balaban J connectivity index is 1.91. The fourth-order valence-corrected chi connectivity index (χ4v) is 3.70. The van der Waals surface area contributed by atoms with E-state index in [9.17, 15) is 4.79 Å². The smallest absolute Gasteiger partial charge is 0.410 e. The van der Waals surface area contributed by atoms with Crippen LogP contribution in [0.2, 0.25) is 0 Å². The van der Waals surface area contributed by atoms with Gasteiger partial charge >= 0.3 is 6.09 Å². The maximum absolute atomic E-state index is 12.6. The molecule has 23 heavy (non-hydrogen) atoms. The predicted molar refractivity (Wildman–Crippen MR) is 89.5 cm³/mol. The zero-order chi connectivity index (χ0) is 16.6.